The third-order valence-electron chi connectivity index (χ3n) is 4.24. The lowest BCUT2D eigenvalue weighted by molar-refractivity contribution is 0.630. The van der Waals surface area contributed by atoms with Gasteiger partial charge in [0.25, 0.3) is 0 Å². The fourth-order valence-corrected chi connectivity index (χ4v) is 3.21. The van der Waals surface area contributed by atoms with Crippen LogP contribution in [0.3, 0.4) is 0 Å². The molecule has 0 radical (unpaired) electrons. The van der Waals surface area contributed by atoms with Gasteiger partial charge in [-0.05, 0) is 30.6 Å². The SMILES string of the molecule is CCc1nncn1CCNC(=NCc1nnc2ccccn12)NCCCSC.I. The van der Waals surface area contributed by atoms with Gasteiger partial charge >= 0.3 is 0 Å². The molecule has 11 heteroatoms. The summed E-state index contributed by atoms with van der Waals surface area (Å²) in [7, 11) is 0. The number of nitrogens with zero attached hydrogens (tertiary/aromatic N) is 7. The zero-order chi connectivity index (χ0) is 19.6. The van der Waals surface area contributed by atoms with Crippen molar-refractivity contribution < 1.29 is 0 Å². The lowest BCUT2D eigenvalue weighted by Crippen LogP contribution is -2.39. The Kier molecular flexibility index (Phi) is 10.2. The molecule has 3 aromatic heterocycles. The number of pyridine rings is 1. The van der Waals surface area contributed by atoms with Crippen molar-refractivity contribution >= 4 is 47.3 Å². The summed E-state index contributed by atoms with van der Waals surface area (Å²) in [6.45, 7) is 4.93. The van der Waals surface area contributed by atoms with Gasteiger partial charge < -0.3 is 15.2 Å². The van der Waals surface area contributed by atoms with E-state index < -0.39 is 0 Å². The Hall–Kier alpha value is -1.89. The van der Waals surface area contributed by atoms with Gasteiger partial charge in [0.05, 0.1) is 0 Å². The number of rotatable bonds is 10. The van der Waals surface area contributed by atoms with Crippen LogP contribution >= 0.6 is 35.7 Å². The average Bonchev–Trinajstić information content (AvgIpc) is 3.35. The van der Waals surface area contributed by atoms with Crippen molar-refractivity contribution in [1.29, 1.82) is 0 Å². The van der Waals surface area contributed by atoms with Crippen molar-refractivity contribution in [2.75, 3.05) is 25.1 Å². The van der Waals surface area contributed by atoms with Crippen LogP contribution in [0.1, 0.15) is 25.0 Å². The summed E-state index contributed by atoms with van der Waals surface area (Å²) in [6, 6.07) is 5.85. The molecule has 0 unspecified atom stereocenters. The number of guanidine groups is 1. The Balaban J connectivity index is 0.00000300. The van der Waals surface area contributed by atoms with Crippen LogP contribution in [0.4, 0.5) is 0 Å². The predicted molar refractivity (Wildman–Crippen MR) is 128 cm³/mol. The molecule has 0 aliphatic heterocycles. The van der Waals surface area contributed by atoms with E-state index in [2.05, 4.69) is 48.8 Å². The van der Waals surface area contributed by atoms with E-state index in [1.807, 2.05) is 40.6 Å². The van der Waals surface area contributed by atoms with E-state index in [-0.39, 0.29) is 24.0 Å². The maximum absolute atomic E-state index is 4.70. The van der Waals surface area contributed by atoms with E-state index in [1.165, 1.54) is 0 Å². The number of hydrogen-bond acceptors (Lipinski definition) is 6. The Bertz CT molecular complexity index is 892. The van der Waals surface area contributed by atoms with Crippen molar-refractivity contribution in [2.24, 2.45) is 4.99 Å². The van der Waals surface area contributed by atoms with Gasteiger partial charge in [-0.15, -0.1) is 44.4 Å². The second-order valence-electron chi connectivity index (χ2n) is 6.20. The topological polar surface area (TPSA) is 97.3 Å². The first kappa shape index (κ1) is 23.4. The molecule has 0 aliphatic rings. The number of aromatic nitrogens is 6. The fraction of sp³-hybridized carbons (Fsp3) is 0.500. The van der Waals surface area contributed by atoms with Crippen molar-refractivity contribution in [3.63, 3.8) is 0 Å². The smallest absolute Gasteiger partial charge is 0.191 e. The van der Waals surface area contributed by atoms with Gasteiger partial charge in [0.1, 0.15) is 18.7 Å². The van der Waals surface area contributed by atoms with E-state index >= 15 is 0 Å². The Labute approximate surface area is 192 Å². The monoisotopic (exact) mass is 529 g/mol. The van der Waals surface area contributed by atoms with Crippen LogP contribution in [-0.4, -0.2) is 60.4 Å². The second-order valence-corrected chi connectivity index (χ2v) is 7.19. The average molecular weight is 529 g/mol. The summed E-state index contributed by atoms with van der Waals surface area (Å²) in [5.74, 6) is 3.70. The molecule has 0 saturated heterocycles. The van der Waals surface area contributed by atoms with E-state index in [0.29, 0.717) is 6.54 Å². The summed E-state index contributed by atoms with van der Waals surface area (Å²) in [6.07, 6.45) is 7.80. The second kappa shape index (κ2) is 12.6. The Morgan fingerprint density at radius 3 is 2.83 bits per heavy atom. The zero-order valence-electron chi connectivity index (χ0n) is 16.8. The van der Waals surface area contributed by atoms with Crippen molar-refractivity contribution in [3.8, 4) is 0 Å². The molecule has 0 bridgehead atoms. The van der Waals surface area contributed by atoms with Gasteiger partial charge in [-0.25, -0.2) is 4.99 Å². The molecule has 0 aliphatic carbocycles. The molecule has 2 N–H and O–H groups in total. The molecule has 0 aromatic carbocycles. The van der Waals surface area contributed by atoms with Crippen LogP contribution in [0.2, 0.25) is 0 Å². The lowest BCUT2D eigenvalue weighted by Gasteiger charge is -2.13. The number of fused-ring (bicyclic) bond motifs is 1. The molecule has 9 nitrogen and oxygen atoms in total. The minimum Gasteiger partial charge on any atom is -0.356 e. The van der Waals surface area contributed by atoms with Crippen molar-refractivity contribution in [2.45, 2.75) is 32.9 Å². The third kappa shape index (κ3) is 6.84. The van der Waals surface area contributed by atoms with Crippen LogP contribution in [0.5, 0.6) is 0 Å². The van der Waals surface area contributed by atoms with Crippen LogP contribution in [0.15, 0.2) is 35.7 Å². The van der Waals surface area contributed by atoms with Crippen LogP contribution in [0.25, 0.3) is 5.65 Å². The molecule has 0 fully saturated rings. The predicted octanol–water partition coefficient (Wildman–Crippen LogP) is 1.99. The van der Waals surface area contributed by atoms with Gasteiger partial charge in [-0.1, -0.05) is 13.0 Å². The van der Waals surface area contributed by atoms with E-state index in [0.717, 1.165) is 61.5 Å². The highest BCUT2D eigenvalue weighted by atomic mass is 127. The first-order chi connectivity index (χ1) is 13.8. The first-order valence-electron chi connectivity index (χ1n) is 9.48. The van der Waals surface area contributed by atoms with Gasteiger partial charge in [-0.2, -0.15) is 11.8 Å². The quantitative estimate of drug-likeness (QED) is 0.180. The Morgan fingerprint density at radius 1 is 1.14 bits per heavy atom. The summed E-state index contributed by atoms with van der Waals surface area (Å²) < 4.78 is 4.02. The number of hydrogen-bond donors (Lipinski definition) is 2. The number of thioether (sulfide) groups is 1. The lowest BCUT2D eigenvalue weighted by atomic mass is 10.4. The third-order valence-corrected chi connectivity index (χ3v) is 4.93. The molecule has 29 heavy (non-hydrogen) atoms. The zero-order valence-corrected chi connectivity index (χ0v) is 19.9. The molecule has 0 saturated carbocycles. The standard InChI is InChI=1S/C18H27N9S.HI/c1-3-15-23-22-14-26(15)11-9-20-18(19-8-6-12-28-2)21-13-17-25-24-16-7-4-5-10-27(16)17;/h4-5,7,10,14H,3,6,8-9,11-13H2,1-2H3,(H2,19,20,21);1H. The molecule has 0 amide bonds. The molecular formula is C18H28IN9S. The van der Waals surface area contributed by atoms with E-state index in [9.17, 15) is 0 Å². The maximum atomic E-state index is 4.70. The normalized spacial score (nSPS) is 11.4. The highest BCUT2D eigenvalue weighted by molar-refractivity contribution is 14.0. The number of aryl methyl sites for hydroxylation is 1. The fourth-order valence-electron chi connectivity index (χ4n) is 2.78. The molecule has 158 valence electrons. The molecule has 3 rings (SSSR count). The summed E-state index contributed by atoms with van der Waals surface area (Å²) in [5, 5.41) is 23.3. The van der Waals surface area contributed by atoms with Gasteiger partial charge in [0.2, 0.25) is 0 Å². The van der Waals surface area contributed by atoms with Crippen LogP contribution in [0, 0.1) is 0 Å². The van der Waals surface area contributed by atoms with Crippen LogP contribution < -0.4 is 10.6 Å². The largest absolute Gasteiger partial charge is 0.356 e. The van der Waals surface area contributed by atoms with Crippen molar-refractivity contribution in [1.82, 2.24) is 40.0 Å². The highest BCUT2D eigenvalue weighted by Crippen LogP contribution is 2.04. The molecule has 0 atom stereocenters. The maximum Gasteiger partial charge on any atom is 0.191 e. The first-order valence-corrected chi connectivity index (χ1v) is 10.9. The highest BCUT2D eigenvalue weighted by Gasteiger charge is 2.06. The summed E-state index contributed by atoms with van der Waals surface area (Å²) >= 11 is 1.85. The van der Waals surface area contributed by atoms with E-state index in [4.69, 9.17) is 4.99 Å². The van der Waals surface area contributed by atoms with Gasteiger partial charge in [0.15, 0.2) is 17.4 Å². The summed E-state index contributed by atoms with van der Waals surface area (Å²) in [5.41, 5.74) is 0.829. The Morgan fingerprint density at radius 2 is 2.00 bits per heavy atom. The van der Waals surface area contributed by atoms with Crippen LogP contribution in [-0.2, 0) is 19.5 Å². The van der Waals surface area contributed by atoms with Crippen molar-refractivity contribution in [3.05, 3.63) is 42.4 Å². The molecule has 3 aromatic rings. The van der Waals surface area contributed by atoms with Gasteiger partial charge in [0, 0.05) is 32.3 Å². The van der Waals surface area contributed by atoms with E-state index in [1.54, 1.807) is 6.33 Å². The number of aliphatic imine (C=N–C) groups is 1. The number of halogens is 1. The minimum atomic E-state index is 0. The van der Waals surface area contributed by atoms with Gasteiger partial charge in [-0.3, -0.25) is 4.40 Å². The number of nitrogens with one attached hydrogen (secondary N) is 2. The minimum absolute atomic E-state index is 0. The molecule has 3 heterocycles. The molecular weight excluding hydrogens is 501 g/mol. The summed E-state index contributed by atoms with van der Waals surface area (Å²) in [4.78, 5) is 4.70. The molecule has 0 spiro atoms.